The summed E-state index contributed by atoms with van der Waals surface area (Å²) < 4.78 is 7.39. The fraction of sp³-hybridized carbons (Fsp3) is 0.500. The number of carbonyl (C=O) groups is 1. The van der Waals surface area contributed by atoms with Crippen molar-refractivity contribution < 1.29 is 9.21 Å². The number of hydrogen-bond acceptors (Lipinski definition) is 5. The van der Waals surface area contributed by atoms with Crippen LogP contribution in [-0.2, 0) is 0 Å². The molecule has 7 heteroatoms. The van der Waals surface area contributed by atoms with Gasteiger partial charge in [0.05, 0.1) is 23.6 Å². The van der Waals surface area contributed by atoms with Crippen LogP contribution in [0.15, 0.2) is 47.4 Å². The number of amides is 1. The summed E-state index contributed by atoms with van der Waals surface area (Å²) in [6.07, 6.45) is 10.5. The number of pyridine rings is 1. The van der Waals surface area contributed by atoms with Crippen LogP contribution < -0.4 is 4.90 Å². The molecule has 1 saturated carbocycles. The molecule has 0 N–H and O–H groups in total. The van der Waals surface area contributed by atoms with E-state index in [4.69, 9.17) is 9.40 Å². The lowest BCUT2D eigenvalue weighted by atomic mass is 10.1. The van der Waals surface area contributed by atoms with E-state index >= 15 is 0 Å². The zero-order valence-electron chi connectivity index (χ0n) is 17.8. The lowest BCUT2D eigenvalue weighted by Gasteiger charge is -2.40. The molecule has 3 aromatic heterocycles. The summed E-state index contributed by atoms with van der Waals surface area (Å²) in [5.41, 5.74) is 2.68. The van der Waals surface area contributed by atoms with Gasteiger partial charge in [-0.15, -0.1) is 0 Å². The first-order chi connectivity index (χ1) is 15.3. The Morgan fingerprint density at radius 3 is 2.74 bits per heavy atom. The molecule has 0 radical (unpaired) electrons. The smallest absolute Gasteiger partial charge is 0.257 e. The van der Waals surface area contributed by atoms with Gasteiger partial charge in [0.1, 0.15) is 17.7 Å². The molecule has 2 aliphatic heterocycles. The summed E-state index contributed by atoms with van der Waals surface area (Å²) in [5.74, 6) is 2.08. The van der Waals surface area contributed by atoms with Gasteiger partial charge in [0.25, 0.3) is 5.91 Å². The molecule has 1 aliphatic carbocycles. The average Bonchev–Trinajstić information content (AvgIpc) is 3.26. The van der Waals surface area contributed by atoms with E-state index in [0.717, 1.165) is 50.0 Å². The summed E-state index contributed by atoms with van der Waals surface area (Å²) >= 11 is 0. The van der Waals surface area contributed by atoms with Gasteiger partial charge in [0, 0.05) is 45.5 Å². The largest absolute Gasteiger partial charge is 0.472 e. The molecule has 3 aromatic rings. The third-order valence-corrected chi connectivity index (χ3v) is 7.00. The summed E-state index contributed by atoms with van der Waals surface area (Å²) in [5, 5.41) is 0. The van der Waals surface area contributed by atoms with Gasteiger partial charge >= 0.3 is 0 Å². The standard InChI is InChI=1S/C24H29N5O2/c30-24(19-8-13-31-17-19)28-12-11-27(14-18-6-7-18)21(16-28)20-15-29-22(25-20)4-3-5-23(29)26-9-1-2-10-26/h3-5,8,13,15,17-18,21H,1-2,6-7,9-12,14,16H2/t21-/m0/s1. The van der Waals surface area contributed by atoms with E-state index < -0.39 is 0 Å². The third kappa shape index (κ3) is 3.61. The lowest BCUT2D eigenvalue weighted by Crippen LogP contribution is -2.51. The summed E-state index contributed by atoms with van der Waals surface area (Å²) in [7, 11) is 0. The molecule has 2 saturated heterocycles. The Morgan fingerprint density at radius 1 is 1.10 bits per heavy atom. The maximum Gasteiger partial charge on any atom is 0.257 e. The predicted octanol–water partition coefficient (Wildman–Crippen LogP) is 3.44. The number of imidazole rings is 1. The molecule has 1 amide bonds. The quantitative estimate of drug-likeness (QED) is 0.634. The number of piperazine rings is 1. The highest BCUT2D eigenvalue weighted by atomic mass is 16.3. The van der Waals surface area contributed by atoms with Gasteiger partial charge in [0.2, 0.25) is 0 Å². The van der Waals surface area contributed by atoms with Crippen molar-refractivity contribution in [1.29, 1.82) is 0 Å². The number of fused-ring (bicyclic) bond motifs is 1. The van der Waals surface area contributed by atoms with E-state index in [1.807, 2.05) is 4.90 Å². The highest BCUT2D eigenvalue weighted by molar-refractivity contribution is 5.93. The Bertz CT molecular complexity index is 1070. The van der Waals surface area contributed by atoms with Crippen LogP contribution in [0, 0.1) is 5.92 Å². The van der Waals surface area contributed by atoms with E-state index in [9.17, 15) is 4.79 Å². The van der Waals surface area contributed by atoms with Crippen molar-refractivity contribution in [3.8, 4) is 0 Å². The Balaban J connectivity index is 1.32. The number of carbonyl (C=O) groups excluding carboxylic acids is 1. The molecule has 3 fully saturated rings. The van der Waals surface area contributed by atoms with Crippen molar-refractivity contribution in [2.24, 2.45) is 5.92 Å². The monoisotopic (exact) mass is 419 g/mol. The number of nitrogens with zero attached hydrogens (tertiary/aromatic N) is 5. The van der Waals surface area contributed by atoms with Crippen molar-refractivity contribution >= 4 is 17.4 Å². The normalized spacial score (nSPS) is 22.5. The average molecular weight is 420 g/mol. The Labute approximate surface area is 182 Å². The minimum atomic E-state index is 0.0475. The molecule has 0 unspecified atom stereocenters. The fourth-order valence-electron chi connectivity index (χ4n) is 5.08. The van der Waals surface area contributed by atoms with Crippen molar-refractivity contribution in [2.75, 3.05) is 44.2 Å². The van der Waals surface area contributed by atoms with Crippen molar-refractivity contribution in [2.45, 2.75) is 31.7 Å². The molecular formula is C24H29N5O2. The second kappa shape index (κ2) is 7.71. The van der Waals surface area contributed by atoms with Crippen molar-refractivity contribution in [3.63, 3.8) is 0 Å². The molecule has 5 heterocycles. The van der Waals surface area contributed by atoms with E-state index in [2.05, 4.69) is 38.6 Å². The van der Waals surface area contributed by atoms with Gasteiger partial charge in [-0.05, 0) is 49.8 Å². The predicted molar refractivity (Wildman–Crippen MR) is 118 cm³/mol. The van der Waals surface area contributed by atoms with Crippen LogP contribution in [0.3, 0.4) is 0 Å². The van der Waals surface area contributed by atoms with E-state index in [-0.39, 0.29) is 11.9 Å². The van der Waals surface area contributed by atoms with Gasteiger partial charge in [-0.1, -0.05) is 6.07 Å². The molecule has 0 bridgehead atoms. The summed E-state index contributed by atoms with van der Waals surface area (Å²) in [6.45, 7) is 5.62. The first-order valence-corrected chi connectivity index (χ1v) is 11.5. The van der Waals surface area contributed by atoms with Gasteiger partial charge in [0.15, 0.2) is 0 Å². The van der Waals surface area contributed by atoms with Crippen molar-refractivity contribution in [1.82, 2.24) is 19.2 Å². The first kappa shape index (κ1) is 18.9. The number of aromatic nitrogens is 2. The Morgan fingerprint density at radius 2 is 1.97 bits per heavy atom. The maximum absolute atomic E-state index is 13.0. The molecule has 6 rings (SSSR count). The zero-order chi connectivity index (χ0) is 20.8. The van der Waals surface area contributed by atoms with Crippen molar-refractivity contribution in [3.05, 3.63) is 54.2 Å². The molecule has 1 atom stereocenters. The van der Waals surface area contributed by atoms with E-state index in [0.29, 0.717) is 12.1 Å². The van der Waals surface area contributed by atoms with Gasteiger partial charge in [-0.2, -0.15) is 0 Å². The summed E-state index contributed by atoms with van der Waals surface area (Å²) in [6, 6.07) is 8.27. The SMILES string of the molecule is O=C(c1ccoc1)N1CCN(CC2CC2)[C@H](c2cn3c(N4CCCC4)cccc3n2)C1. The van der Waals surface area contributed by atoms with E-state index in [1.165, 1.54) is 31.5 Å². The van der Waals surface area contributed by atoms with Gasteiger partial charge in [-0.3, -0.25) is 14.1 Å². The maximum atomic E-state index is 13.0. The molecule has 3 aliphatic rings. The minimum Gasteiger partial charge on any atom is -0.472 e. The van der Waals surface area contributed by atoms with Crippen LogP contribution in [-0.4, -0.2) is 64.4 Å². The zero-order valence-corrected chi connectivity index (χ0v) is 17.8. The molecule has 0 aromatic carbocycles. The highest BCUT2D eigenvalue weighted by Crippen LogP contribution is 2.35. The number of hydrogen-bond donors (Lipinski definition) is 0. The molecule has 7 nitrogen and oxygen atoms in total. The second-order valence-corrected chi connectivity index (χ2v) is 9.19. The topological polar surface area (TPSA) is 57.2 Å². The van der Waals surface area contributed by atoms with E-state index in [1.54, 1.807) is 18.6 Å². The number of rotatable bonds is 5. The van der Waals surface area contributed by atoms with Crippen LogP contribution in [0.2, 0.25) is 0 Å². The fourth-order valence-corrected chi connectivity index (χ4v) is 5.08. The number of anilines is 1. The van der Waals surface area contributed by atoms with Crippen LogP contribution in [0.5, 0.6) is 0 Å². The molecular weight excluding hydrogens is 390 g/mol. The Hall–Kier alpha value is -2.80. The second-order valence-electron chi connectivity index (χ2n) is 9.19. The highest BCUT2D eigenvalue weighted by Gasteiger charge is 2.36. The first-order valence-electron chi connectivity index (χ1n) is 11.5. The third-order valence-electron chi connectivity index (χ3n) is 7.00. The minimum absolute atomic E-state index is 0.0475. The molecule has 0 spiro atoms. The Kier molecular flexibility index (Phi) is 4.71. The van der Waals surface area contributed by atoms with Gasteiger partial charge in [-0.25, -0.2) is 4.98 Å². The van der Waals surface area contributed by atoms with Crippen LogP contribution in [0.1, 0.15) is 47.8 Å². The number of furan rings is 1. The molecule has 162 valence electrons. The molecule has 31 heavy (non-hydrogen) atoms. The van der Waals surface area contributed by atoms with Gasteiger partial charge < -0.3 is 14.2 Å². The van der Waals surface area contributed by atoms with Crippen LogP contribution >= 0.6 is 0 Å². The van der Waals surface area contributed by atoms with Crippen LogP contribution in [0.25, 0.3) is 5.65 Å². The van der Waals surface area contributed by atoms with Crippen LogP contribution in [0.4, 0.5) is 5.82 Å². The summed E-state index contributed by atoms with van der Waals surface area (Å²) in [4.78, 5) is 25.0. The lowest BCUT2D eigenvalue weighted by molar-refractivity contribution is 0.0458.